The minimum absolute atomic E-state index is 0.0596. The number of carbonyl (C=O) groups excluding carboxylic acids is 1. The Morgan fingerprint density at radius 2 is 2.36 bits per heavy atom. The van der Waals surface area contributed by atoms with E-state index in [0.29, 0.717) is 5.69 Å². The van der Waals surface area contributed by atoms with Crippen LogP contribution in [0.3, 0.4) is 0 Å². The van der Waals surface area contributed by atoms with Crippen LogP contribution in [0.5, 0.6) is 0 Å². The SMILES string of the molecule is Cc1[c]cc(C(N)=O)c(=O)[nH]1. The molecule has 1 amide bonds. The van der Waals surface area contributed by atoms with Gasteiger partial charge in [0.25, 0.3) is 11.5 Å². The van der Waals surface area contributed by atoms with Crippen LogP contribution < -0.4 is 11.3 Å². The summed E-state index contributed by atoms with van der Waals surface area (Å²) in [5.74, 6) is -0.734. The van der Waals surface area contributed by atoms with E-state index < -0.39 is 11.5 Å². The number of aromatic nitrogens is 1. The first-order valence-electron chi connectivity index (χ1n) is 3.02. The predicted molar refractivity (Wildman–Crippen MR) is 39.2 cm³/mol. The number of pyridine rings is 1. The fourth-order valence-corrected chi connectivity index (χ4v) is 0.703. The Morgan fingerprint density at radius 3 is 2.82 bits per heavy atom. The zero-order valence-electron chi connectivity index (χ0n) is 5.97. The minimum atomic E-state index is -0.734. The molecule has 0 atom stereocenters. The summed E-state index contributed by atoms with van der Waals surface area (Å²) in [6, 6.07) is 3.95. The second-order valence-corrected chi connectivity index (χ2v) is 2.15. The molecular weight excluding hydrogens is 144 g/mol. The molecule has 0 saturated heterocycles. The molecule has 1 rings (SSSR count). The monoisotopic (exact) mass is 151 g/mol. The molecule has 0 unspecified atom stereocenters. The standard InChI is InChI=1S/C7H7N2O2/c1-4-2-3-5(6(8)10)7(11)9-4/h3H,1H3,(H2,8,10)(H,9,11). The van der Waals surface area contributed by atoms with Crippen LogP contribution in [-0.2, 0) is 0 Å². The zero-order chi connectivity index (χ0) is 8.43. The first-order chi connectivity index (χ1) is 5.11. The van der Waals surface area contributed by atoms with E-state index in [0.717, 1.165) is 0 Å². The highest BCUT2D eigenvalue weighted by atomic mass is 16.2. The molecule has 0 bridgehead atoms. The molecule has 1 heterocycles. The molecule has 4 heteroatoms. The van der Waals surface area contributed by atoms with Crippen molar-refractivity contribution < 1.29 is 4.79 Å². The van der Waals surface area contributed by atoms with Gasteiger partial charge in [0.2, 0.25) is 0 Å². The van der Waals surface area contributed by atoms with Crippen molar-refractivity contribution in [1.29, 1.82) is 0 Å². The molecule has 1 aromatic heterocycles. The van der Waals surface area contributed by atoms with Gasteiger partial charge in [0.15, 0.2) is 0 Å². The van der Waals surface area contributed by atoms with E-state index in [2.05, 4.69) is 11.1 Å². The number of nitrogens with one attached hydrogen (secondary N) is 1. The Kier molecular flexibility index (Phi) is 1.76. The minimum Gasteiger partial charge on any atom is -0.365 e. The van der Waals surface area contributed by atoms with E-state index >= 15 is 0 Å². The van der Waals surface area contributed by atoms with Gasteiger partial charge in [-0.1, -0.05) is 0 Å². The smallest absolute Gasteiger partial charge is 0.261 e. The lowest BCUT2D eigenvalue weighted by Gasteiger charge is -1.93. The molecule has 0 saturated carbocycles. The highest BCUT2D eigenvalue weighted by molar-refractivity contribution is 5.92. The highest BCUT2D eigenvalue weighted by Crippen LogP contribution is 1.89. The number of nitrogens with two attached hydrogens (primary N) is 1. The predicted octanol–water partition coefficient (Wildman–Crippen LogP) is -0.418. The van der Waals surface area contributed by atoms with E-state index in [4.69, 9.17) is 5.73 Å². The van der Waals surface area contributed by atoms with Crippen LogP contribution in [-0.4, -0.2) is 10.9 Å². The molecule has 0 aliphatic carbocycles. The van der Waals surface area contributed by atoms with Crippen molar-refractivity contribution in [2.45, 2.75) is 6.92 Å². The van der Waals surface area contributed by atoms with Crippen molar-refractivity contribution in [1.82, 2.24) is 4.98 Å². The summed E-state index contributed by atoms with van der Waals surface area (Å²) < 4.78 is 0. The third kappa shape index (κ3) is 1.46. The van der Waals surface area contributed by atoms with Crippen LogP contribution in [0.4, 0.5) is 0 Å². The van der Waals surface area contributed by atoms with Crippen LogP contribution >= 0.6 is 0 Å². The normalized spacial score (nSPS) is 9.55. The maximum Gasteiger partial charge on any atom is 0.261 e. The average molecular weight is 151 g/mol. The molecular formula is C7H7N2O2. The molecule has 1 aromatic rings. The maximum atomic E-state index is 10.9. The number of aryl methyl sites for hydroxylation is 1. The molecule has 57 valence electrons. The van der Waals surface area contributed by atoms with Gasteiger partial charge in [-0.3, -0.25) is 9.59 Å². The Morgan fingerprint density at radius 1 is 1.73 bits per heavy atom. The van der Waals surface area contributed by atoms with Crippen LogP contribution in [0.1, 0.15) is 16.1 Å². The molecule has 0 aliphatic rings. The van der Waals surface area contributed by atoms with Gasteiger partial charge < -0.3 is 10.7 Å². The topological polar surface area (TPSA) is 76.0 Å². The number of aromatic amines is 1. The fraction of sp³-hybridized carbons (Fsp3) is 0.143. The summed E-state index contributed by atoms with van der Waals surface area (Å²) in [6.07, 6.45) is 0. The van der Waals surface area contributed by atoms with Gasteiger partial charge in [0.05, 0.1) is 0 Å². The lowest BCUT2D eigenvalue weighted by molar-refractivity contribution is 0.0999. The molecule has 0 aromatic carbocycles. The van der Waals surface area contributed by atoms with E-state index in [1.165, 1.54) is 6.07 Å². The van der Waals surface area contributed by atoms with E-state index in [9.17, 15) is 9.59 Å². The summed E-state index contributed by atoms with van der Waals surface area (Å²) in [6.45, 7) is 1.67. The lowest BCUT2D eigenvalue weighted by Crippen LogP contribution is -2.23. The van der Waals surface area contributed by atoms with Crippen LogP contribution in [0.2, 0.25) is 0 Å². The number of primary amides is 1. The second kappa shape index (κ2) is 2.57. The summed E-state index contributed by atoms with van der Waals surface area (Å²) in [5, 5.41) is 0. The number of H-pyrrole nitrogens is 1. The zero-order valence-corrected chi connectivity index (χ0v) is 5.97. The van der Waals surface area contributed by atoms with Crippen molar-refractivity contribution in [2.24, 2.45) is 5.73 Å². The first kappa shape index (κ1) is 7.53. The molecule has 0 spiro atoms. The van der Waals surface area contributed by atoms with Gasteiger partial charge in [0, 0.05) is 11.8 Å². The molecule has 0 fully saturated rings. The van der Waals surface area contributed by atoms with Crippen LogP contribution in [0.15, 0.2) is 10.9 Å². The van der Waals surface area contributed by atoms with Crippen molar-refractivity contribution in [3.8, 4) is 0 Å². The number of rotatable bonds is 1. The highest BCUT2D eigenvalue weighted by Gasteiger charge is 2.04. The average Bonchev–Trinajstić information content (AvgIpc) is 1.85. The second-order valence-electron chi connectivity index (χ2n) is 2.15. The Hall–Kier alpha value is -1.58. The third-order valence-electron chi connectivity index (χ3n) is 1.24. The van der Waals surface area contributed by atoms with Crippen molar-refractivity contribution >= 4 is 5.91 Å². The van der Waals surface area contributed by atoms with Crippen LogP contribution in [0, 0.1) is 13.0 Å². The summed E-state index contributed by atoms with van der Waals surface area (Å²) in [7, 11) is 0. The number of hydrogen-bond donors (Lipinski definition) is 2. The summed E-state index contributed by atoms with van der Waals surface area (Å²) in [4.78, 5) is 23.8. The molecule has 4 nitrogen and oxygen atoms in total. The lowest BCUT2D eigenvalue weighted by atomic mass is 10.2. The Balaban J connectivity index is 3.32. The molecule has 0 aliphatic heterocycles. The van der Waals surface area contributed by atoms with Gasteiger partial charge in [-0.25, -0.2) is 0 Å². The molecule has 1 radical (unpaired) electrons. The first-order valence-corrected chi connectivity index (χ1v) is 3.02. The van der Waals surface area contributed by atoms with Crippen molar-refractivity contribution in [3.05, 3.63) is 33.7 Å². The fourth-order valence-electron chi connectivity index (χ4n) is 0.703. The van der Waals surface area contributed by atoms with Gasteiger partial charge in [0.1, 0.15) is 5.56 Å². The molecule has 11 heavy (non-hydrogen) atoms. The van der Waals surface area contributed by atoms with Gasteiger partial charge in [-0.2, -0.15) is 0 Å². The quantitative estimate of drug-likeness (QED) is 0.572. The maximum absolute atomic E-state index is 10.9. The summed E-state index contributed by atoms with van der Waals surface area (Å²) >= 11 is 0. The van der Waals surface area contributed by atoms with Crippen molar-refractivity contribution in [3.63, 3.8) is 0 Å². The number of carbonyl (C=O) groups is 1. The largest absolute Gasteiger partial charge is 0.365 e. The van der Waals surface area contributed by atoms with Gasteiger partial charge in [-0.15, -0.1) is 0 Å². The van der Waals surface area contributed by atoms with Crippen LogP contribution in [0.25, 0.3) is 0 Å². The van der Waals surface area contributed by atoms with E-state index in [1.807, 2.05) is 0 Å². The van der Waals surface area contributed by atoms with Crippen molar-refractivity contribution in [2.75, 3.05) is 0 Å². The third-order valence-corrected chi connectivity index (χ3v) is 1.24. The summed E-state index contributed by atoms with van der Waals surface area (Å²) in [5.41, 5.74) is 4.95. The number of hydrogen-bond acceptors (Lipinski definition) is 2. The Bertz CT molecular complexity index is 341. The van der Waals surface area contributed by atoms with E-state index in [-0.39, 0.29) is 5.56 Å². The Labute approximate surface area is 63.0 Å². The van der Waals surface area contributed by atoms with E-state index in [1.54, 1.807) is 6.92 Å². The molecule has 3 N–H and O–H groups in total. The van der Waals surface area contributed by atoms with Gasteiger partial charge in [-0.05, 0) is 13.0 Å². The number of amides is 1. The van der Waals surface area contributed by atoms with Gasteiger partial charge >= 0.3 is 0 Å².